The Balaban J connectivity index is 2.15. The van der Waals surface area contributed by atoms with Gasteiger partial charge in [0.2, 0.25) is 10.0 Å². The monoisotopic (exact) mass is 286 g/mol. The molecule has 2 rings (SSSR count). The summed E-state index contributed by atoms with van der Waals surface area (Å²) >= 11 is 0. The Morgan fingerprint density at radius 1 is 1.53 bits per heavy atom. The average Bonchev–Trinajstić information content (AvgIpc) is 2.38. The predicted molar refractivity (Wildman–Crippen MR) is 66.9 cm³/mol. The van der Waals surface area contributed by atoms with E-state index in [4.69, 9.17) is 5.14 Å². The molecule has 0 radical (unpaired) electrons. The van der Waals surface area contributed by atoms with Crippen LogP contribution in [0, 0.1) is 0 Å². The highest BCUT2D eigenvalue weighted by Crippen LogP contribution is 2.16. The zero-order chi connectivity index (χ0) is 14.0. The van der Waals surface area contributed by atoms with Crippen molar-refractivity contribution in [2.45, 2.75) is 18.1 Å². The summed E-state index contributed by atoms with van der Waals surface area (Å²) in [6.07, 6.45) is 3.23. The Bertz CT molecular complexity index is 619. The van der Waals surface area contributed by atoms with Crippen LogP contribution in [-0.4, -0.2) is 47.5 Å². The molecule has 8 nitrogen and oxygen atoms in total. The molecule has 1 unspecified atom stereocenters. The Kier molecular flexibility index (Phi) is 3.67. The van der Waals surface area contributed by atoms with Crippen LogP contribution in [0.2, 0.25) is 0 Å². The van der Waals surface area contributed by atoms with Gasteiger partial charge in [0.1, 0.15) is 5.69 Å². The summed E-state index contributed by atoms with van der Waals surface area (Å²) in [5, 5.41) is 4.36. The molecule has 3 N–H and O–H groups in total. The van der Waals surface area contributed by atoms with E-state index in [-0.39, 0.29) is 12.2 Å². The molecule has 1 aromatic heterocycles. The number of hydrogen-bond donors (Lipinski definition) is 2. The molecule has 0 aromatic carbocycles. The van der Waals surface area contributed by atoms with E-state index in [9.17, 15) is 18.0 Å². The van der Waals surface area contributed by atoms with Gasteiger partial charge in [0.15, 0.2) is 0 Å². The smallest absolute Gasteiger partial charge is 0.274 e. The summed E-state index contributed by atoms with van der Waals surface area (Å²) in [6, 6.07) is 0. The summed E-state index contributed by atoms with van der Waals surface area (Å²) in [5.41, 5.74) is -0.327. The zero-order valence-electron chi connectivity index (χ0n) is 10.1. The van der Waals surface area contributed by atoms with Crippen LogP contribution in [-0.2, 0) is 10.0 Å². The highest BCUT2D eigenvalue weighted by atomic mass is 32.2. The van der Waals surface area contributed by atoms with Crippen molar-refractivity contribution < 1.29 is 13.2 Å². The number of aromatic amines is 1. The van der Waals surface area contributed by atoms with E-state index in [1.54, 1.807) is 0 Å². The average molecular weight is 286 g/mol. The van der Waals surface area contributed by atoms with Crippen molar-refractivity contribution in [1.29, 1.82) is 0 Å². The maximum absolute atomic E-state index is 12.1. The lowest BCUT2D eigenvalue weighted by Gasteiger charge is -2.31. The Labute approximate surface area is 109 Å². The van der Waals surface area contributed by atoms with Crippen LogP contribution in [0.1, 0.15) is 23.3 Å². The number of nitrogens with two attached hydrogens (primary N) is 1. The second-order valence-electron chi connectivity index (χ2n) is 4.40. The molecule has 1 aliphatic heterocycles. The Hall–Kier alpha value is -1.74. The van der Waals surface area contributed by atoms with E-state index in [1.807, 2.05) is 0 Å². The second-order valence-corrected chi connectivity index (χ2v) is 6.25. The zero-order valence-corrected chi connectivity index (χ0v) is 10.9. The largest absolute Gasteiger partial charge is 0.336 e. The first-order valence-corrected chi connectivity index (χ1v) is 7.34. The third-order valence-corrected chi connectivity index (χ3v) is 4.34. The van der Waals surface area contributed by atoms with Crippen LogP contribution < -0.4 is 10.7 Å². The maximum Gasteiger partial charge on any atom is 0.274 e. The summed E-state index contributed by atoms with van der Waals surface area (Å²) in [6.45, 7) is 0.504. The first kappa shape index (κ1) is 13.7. The van der Waals surface area contributed by atoms with Crippen LogP contribution in [0.25, 0.3) is 0 Å². The quantitative estimate of drug-likeness (QED) is 0.696. The summed E-state index contributed by atoms with van der Waals surface area (Å²) < 4.78 is 22.6. The van der Waals surface area contributed by atoms with E-state index in [1.165, 1.54) is 11.1 Å². The molecule has 1 aliphatic rings. The van der Waals surface area contributed by atoms with Crippen LogP contribution in [0.15, 0.2) is 17.2 Å². The van der Waals surface area contributed by atoms with E-state index in [0.717, 1.165) is 6.20 Å². The molecule has 2 heterocycles. The molecule has 1 amide bonds. The molecule has 0 bridgehead atoms. The number of H-pyrrole nitrogens is 1. The number of aromatic nitrogens is 2. The van der Waals surface area contributed by atoms with Gasteiger partial charge in [0, 0.05) is 19.3 Å². The fourth-order valence-corrected chi connectivity index (χ4v) is 2.89. The second kappa shape index (κ2) is 5.10. The number of amides is 1. The number of hydrogen-bond acceptors (Lipinski definition) is 5. The maximum atomic E-state index is 12.1. The molecule has 1 aromatic rings. The molecule has 0 aliphatic carbocycles. The molecule has 1 fully saturated rings. The third-order valence-electron chi connectivity index (χ3n) is 3.02. The minimum absolute atomic E-state index is 0.0540. The first-order valence-electron chi connectivity index (χ1n) is 5.73. The van der Waals surface area contributed by atoms with Crippen LogP contribution in [0.5, 0.6) is 0 Å². The lowest BCUT2D eigenvalue weighted by Crippen LogP contribution is -2.47. The van der Waals surface area contributed by atoms with Gasteiger partial charge in [-0.05, 0) is 12.8 Å². The number of carbonyl (C=O) groups excluding carboxylic acids is 1. The number of rotatable bonds is 2. The number of sulfonamides is 1. The third kappa shape index (κ3) is 3.18. The van der Waals surface area contributed by atoms with Crippen molar-refractivity contribution in [2.24, 2.45) is 5.14 Å². The van der Waals surface area contributed by atoms with E-state index in [2.05, 4.69) is 9.97 Å². The number of nitrogens with zero attached hydrogens (tertiary/aromatic N) is 2. The van der Waals surface area contributed by atoms with Gasteiger partial charge in [-0.1, -0.05) is 0 Å². The van der Waals surface area contributed by atoms with E-state index >= 15 is 0 Å². The SMILES string of the molecule is NS(=O)(=O)C1CCCN(C(=O)c2c[nH]c(=O)cn2)C1. The van der Waals surface area contributed by atoms with Crippen molar-refractivity contribution in [3.8, 4) is 0 Å². The molecule has 19 heavy (non-hydrogen) atoms. The highest BCUT2D eigenvalue weighted by Gasteiger charge is 2.31. The van der Waals surface area contributed by atoms with Gasteiger partial charge in [0.25, 0.3) is 11.5 Å². The number of nitrogens with one attached hydrogen (secondary N) is 1. The molecule has 0 spiro atoms. The highest BCUT2D eigenvalue weighted by molar-refractivity contribution is 7.89. The van der Waals surface area contributed by atoms with E-state index in [0.29, 0.717) is 19.4 Å². The summed E-state index contributed by atoms with van der Waals surface area (Å²) in [5.74, 6) is -0.412. The van der Waals surface area contributed by atoms with Crippen molar-refractivity contribution in [2.75, 3.05) is 13.1 Å². The molecule has 104 valence electrons. The van der Waals surface area contributed by atoms with Gasteiger partial charge < -0.3 is 9.88 Å². The van der Waals surface area contributed by atoms with Gasteiger partial charge in [-0.2, -0.15) is 0 Å². The molecule has 9 heteroatoms. The molecular formula is C10H14N4O4S. The number of likely N-dealkylation sites (tertiary alicyclic amines) is 1. The number of piperidine rings is 1. The number of carbonyl (C=O) groups is 1. The van der Waals surface area contributed by atoms with Gasteiger partial charge in [-0.15, -0.1) is 0 Å². The van der Waals surface area contributed by atoms with Gasteiger partial charge >= 0.3 is 0 Å². The van der Waals surface area contributed by atoms with Crippen LogP contribution in [0.3, 0.4) is 0 Å². The lowest BCUT2D eigenvalue weighted by atomic mass is 10.1. The standard InChI is InChI=1S/C10H14N4O4S/c11-19(17,18)7-2-1-3-14(6-7)10(16)8-4-13-9(15)5-12-8/h4-5,7H,1-3,6H2,(H,13,15)(H2,11,17,18). The molecule has 1 saturated heterocycles. The summed E-state index contributed by atoms with van der Waals surface area (Å²) in [4.78, 5) is 30.4. The predicted octanol–water partition coefficient (Wildman–Crippen LogP) is -1.34. The fourth-order valence-electron chi connectivity index (χ4n) is 2.01. The lowest BCUT2D eigenvalue weighted by molar-refractivity contribution is 0.0720. The first-order chi connectivity index (χ1) is 8.88. The Morgan fingerprint density at radius 3 is 2.84 bits per heavy atom. The van der Waals surface area contributed by atoms with Crippen molar-refractivity contribution in [1.82, 2.24) is 14.9 Å². The van der Waals surface area contributed by atoms with Crippen LogP contribution >= 0.6 is 0 Å². The molecule has 0 saturated carbocycles. The molecule has 1 atom stereocenters. The van der Waals surface area contributed by atoms with Crippen LogP contribution in [0.4, 0.5) is 0 Å². The van der Waals surface area contributed by atoms with Crippen molar-refractivity contribution in [3.05, 3.63) is 28.4 Å². The fraction of sp³-hybridized carbons (Fsp3) is 0.500. The van der Waals surface area contributed by atoms with Gasteiger partial charge in [-0.25, -0.2) is 18.5 Å². The normalized spacial score (nSPS) is 20.3. The molecular weight excluding hydrogens is 272 g/mol. The Morgan fingerprint density at radius 2 is 2.26 bits per heavy atom. The van der Waals surface area contributed by atoms with E-state index < -0.39 is 26.7 Å². The minimum Gasteiger partial charge on any atom is -0.336 e. The van der Waals surface area contributed by atoms with Crippen molar-refractivity contribution >= 4 is 15.9 Å². The topological polar surface area (TPSA) is 126 Å². The van der Waals surface area contributed by atoms with Gasteiger partial charge in [-0.3, -0.25) is 9.59 Å². The summed E-state index contributed by atoms with van der Waals surface area (Å²) in [7, 11) is -3.65. The number of primary sulfonamides is 1. The minimum atomic E-state index is -3.65. The van der Waals surface area contributed by atoms with Crippen molar-refractivity contribution in [3.63, 3.8) is 0 Å². The van der Waals surface area contributed by atoms with Gasteiger partial charge in [0.05, 0.1) is 11.4 Å².